The summed E-state index contributed by atoms with van der Waals surface area (Å²) in [6.45, 7) is 9.42. The SMILES string of the molecule is CCCC[P+](CCCC)(CCCC)CCCC.Nc1ccc(S(=O)(=O)O)cc1. The number of hydrogen-bond donors (Lipinski definition) is 2. The van der Waals surface area contributed by atoms with Gasteiger partial charge in [-0.1, -0.05) is 53.4 Å². The number of rotatable bonds is 13. The lowest BCUT2D eigenvalue weighted by molar-refractivity contribution is 0.483. The molecule has 0 saturated carbocycles. The van der Waals surface area contributed by atoms with Crippen molar-refractivity contribution < 1.29 is 13.0 Å². The maximum absolute atomic E-state index is 10.5. The molecule has 0 aromatic heterocycles. The largest absolute Gasteiger partial charge is 0.399 e. The number of nitrogens with two attached hydrogens (primary N) is 1. The Morgan fingerprint density at radius 2 is 1.07 bits per heavy atom. The molecule has 28 heavy (non-hydrogen) atoms. The lowest BCUT2D eigenvalue weighted by Crippen LogP contribution is -2.12. The van der Waals surface area contributed by atoms with Gasteiger partial charge in [-0.15, -0.1) is 0 Å². The lowest BCUT2D eigenvalue weighted by Gasteiger charge is -2.28. The Morgan fingerprint density at radius 1 is 0.750 bits per heavy atom. The van der Waals surface area contributed by atoms with Crippen LogP contribution in [0.15, 0.2) is 29.2 Å². The van der Waals surface area contributed by atoms with Gasteiger partial charge in [0, 0.05) is 12.9 Å². The topological polar surface area (TPSA) is 80.4 Å². The molecular weight excluding hydrogens is 389 g/mol. The molecule has 1 rings (SSSR count). The van der Waals surface area contributed by atoms with E-state index in [-0.39, 0.29) is 4.90 Å². The molecule has 6 heteroatoms. The maximum atomic E-state index is 10.5. The third-order valence-corrected chi connectivity index (χ3v) is 11.0. The second-order valence-electron chi connectivity index (χ2n) is 7.69. The molecule has 0 unspecified atom stereocenters. The summed E-state index contributed by atoms with van der Waals surface area (Å²) in [5.74, 6) is 0. The van der Waals surface area contributed by atoms with Crippen molar-refractivity contribution in [1.82, 2.24) is 0 Å². The molecule has 164 valence electrons. The van der Waals surface area contributed by atoms with E-state index in [0.29, 0.717) is 5.69 Å². The van der Waals surface area contributed by atoms with Gasteiger partial charge in [-0.05, 0) is 49.9 Å². The van der Waals surface area contributed by atoms with Crippen LogP contribution in [0.4, 0.5) is 5.69 Å². The summed E-state index contributed by atoms with van der Waals surface area (Å²) in [6.07, 6.45) is 17.9. The fourth-order valence-corrected chi connectivity index (χ4v) is 9.05. The van der Waals surface area contributed by atoms with Crippen molar-refractivity contribution in [3.8, 4) is 0 Å². The normalized spacial score (nSPS) is 11.8. The molecule has 4 nitrogen and oxygen atoms in total. The van der Waals surface area contributed by atoms with Gasteiger partial charge in [0.25, 0.3) is 10.1 Å². The van der Waals surface area contributed by atoms with Gasteiger partial charge in [0.05, 0.1) is 29.5 Å². The first-order valence-electron chi connectivity index (χ1n) is 10.9. The summed E-state index contributed by atoms with van der Waals surface area (Å²) in [7, 11) is -4.64. The summed E-state index contributed by atoms with van der Waals surface area (Å²) in [6, 6.07) is 5.29. The molecule has 0 saturated heterocycles. The standard InChI is InChI=1S/C16H36P.C6H7NO3S/c1-5-9-13-17(14-10-6-2,15-11-7-3)16-12-8-4;7-5-1-3-6(4-2-5)11(8,9)10/h5-16H2,1-4H3;1-4H,7H2,(H,8,9,10)/q+1;. The monoisotopic (exact) mass is 432 g/mol. The minimum absolute atomic E-state index is 0.147. The van der Waals surface area contributed by atoms with Crippen molar-refractivity contribution in [3.05, 3.63) is 24.3 Å². The molecule has 1 aromatic rings. The Balaban J connectivity index is 0.000000567. The molecule has 0 spiro atoms. The van der Waals surface area contributed by atoms with Crippen LogP contribution in [0.25, 0.3) is 0 Å². The zero-order chi connectivity index (χ0) is 21.5. The number of benzene rings is 1. The molecule has 0 aliphatic rings. The summed E-state index contributed by atoms with van der Waals surface area (Å²) >= 11 is 0. The van der Waals surface area contributed by atoms with Crippen LogP contribution < -0.4 is 5.73 Å². The van der Waals surface area contributed by atoms with Gasteiger partial charge in [-0.2, -0.15) is 8.42 Å². The second kappa shape index (κ2) is 15.2. The molecule has 0 heterocycles. The summed E-state index contributed by atoms with van der Waals surface area (Å²) in [4.78, 5) is -0.147. The highest BCUT2D eigenvalue weighted by Gasteiger charge is 2.34. The van der Waals surface area contributed by atoms with Crippen molar-refractivity contribution in [2.45, 2.75) is 84.0 Å². The average Bonchev–Trinajstić information content (AvgIpc) is 2.67. The molecule has 3 N–H and O–H groups in total. The van der Waals surface area contributed by atoms with E-state index in [9.17, 15) is 8.42 Å². The first-order valence-corrected chi connectivity index (χ1v) is 14.9. The molecular formula is C22H43NO3PS+. The Hall–Kier alpha value is -0.640. The average molecular weight is 433 g/mol. The first-order chi connectivity index (χ1) is 13.2. The van der Waals surface area contributed by atoms with E-state index in [1.54, 1.807) is 24.6 Å². The van der Waals surface area contributed by atoms with Crippen LogP contribution in [-0.2, 0) is 10.1 Å². The molecule has 0 bridgehead atoms. The third kappa shape index (κ3) is 12.0. The highest BCUT2D eigenvalue weighted by atomic mass is 32.2. The van der Waals surface area contributed by atoms with Crippen molar-refractivity contribution in [1.29, 1.82) is 0 Å². The molecule has 0 fully saturated rings. The Bertz CT molecular complexity index is 565. The number of anilines is 1. The van der Waals surface area contributed by atoms with Gasteiger partial charge in [-0.25, -0.2) is 0 Å². The smallest absolute Gasteiger partial charge is 0.294 e. The van der Waals surface area contributed by atoms with Crippen molar-refractivity contribution in [3.63, 3.8) is 0 Å². The third-order valence-electron chi connectivity index (χ3n) is 5.12. The first kappa shape index (κ1) is 27.4. The van der Waals surface area contributed by atoms with Crippen LogP contribution in [0.3, 0.4) is 0 Å². The van der Waals surface area contributed by atoms with Crippen molar-refractivity contribution >= 4 is 23.1 Å². The Labute approximate surface area is 174 Å². The molecule has 0 aliphatic heterocycles. The fourth-order valence-electron chi connectivity index (χ4n) is 3.28. The second-order valence-corrected chi connectivity index (χ2v) is 13.6. The van der Waals surface area contributed by atoms with Crippen LogP contribution in [0.5, 0.6) is 0 Å². The van der Waals surface area contributed by atoms with Crippen molar-refractivity contribution in [2.75, 3.05) is 30.4 Å². The van der Waals surface area contributed by atoms with Gasteiger partial charge in [0.1, 0.15) is 0 Å². The minimum atomic E-state index is -4.08. The van der Waals surface area contributed by atoms with Crippen LogP contribution in [0.1, 0.15) is 79.1 Å². The molecule has 0 aliphatic carbocycles. The molecule has 0 atom stereocenters. The van der Waals surface area contributed by atoms with E-state index in [1.807, 2.05) is 0 Å². The van der Waals surface area contributed by atoms with E-state index in [4.69, 9.17) is 10.3 Å². The number of nitrogen functional groups attached to an aromatic ring is 1. The van der Waals surface area contributed by atoms with Crippen LogP contribution in [0.2, 0.25) is 0 Å². The van der Waals surface area contributed by atoms with E-state index in [2.05, 4.69) is 27.7 Å². The van der Waals surface area contributed by atoms with E-state index in [1.165, 1.54) is 75.6 Å². The number of hydrogen-bond acceptors (Lipinski definition) is 3. The van der Waals surface area contributed by atoms with Crippen LogP contribution in [-0.4, -0.2) is 37.6 Å². The zero-order valence-corrected chi connectivity index (χ0v) is 20.2. The molecule has 0 radical (unpaired) electrons. The highest BCUT2D eigenvalue weighted by molar-refractivity contribution is 7.85. The Kier molecular flexibility index (Phi) is 14.9. The lowest BCUT2D eigenvalue weighted by atomic mass is 10.3. The zero-order valence-electron chi connectivity index (χ0n) is 18.5. The van der Waals surface area contributed by atoms with E-state index < -0.39 is 17.4 Å². The fraction of sp³-hybridized carbons (Fsp3) is 0.727. The van der Waals surface area contributed by atoms with Crippen LogP contribution in [0, 0.1) is 0 Å². The number of unbranched alkanes of at least 4 members (excludes halogenated alkanes) is 4. The quantitative estimate of drug-likeness (QED) is 0.206. The summed E-state index contributed by atoms with van der Waals surface area (Å²) in [5, 5.41) is 0. The van der Waals surface area contributed by atoms with Gasteiger partial charge in [0.2, 0.25) is 0 Å². The van der Waals surface area contributed by atoms with E-state index >= 15 is 0 Å². The van der Waals surface area contributed by atoms with Gasteiger partial charge >= 0.3 is 0 Å². The summed E-state index contributed by atoms with van der Waals surface area (Å²) in [5.41, 5.74) is 5.75. The highest BCUT2D eigenvalue weighted by Crippen LogP contribution is 2.61. The van der Waals surface area contributed by atoms with Gasteiger partial charge < -0.3 is 5.73 Å². The van der Waals surface area contributed by atoms with Gasteiger partial charge in [-0.3, -0.25) is 4.55 Å². The van der Waals surface area contributed by atoms with Gasteiger partial charge in [0.15, 0.2) is 0 Å². The van der Waals surface area contributed by atoms with Crippen molar-refractivity contribution in [2.24, 2.45) is 0 Å². The summed E-state index contributed by atoms with van der Waals surface area (Å²) < 4.78 is 29.4. The van der Waals surface area contributed by atoms with E-state index in [0.717, 1.165) is 0 Å². The van der Waals surface area contributed by atoms with Crippen LogP contribution >= 0.6 is 7.26 Å². The predicted octanol–water partition coefficient (Wildman–Crippen LogP) is 6.72. The molecule has 0 amide bonds. The maximum Gasteiger partial charge on any atom is 0.294 e. The Morgan fingerprint density at radius 3 is 1.32 bits per heavy atom. The molecule has 1 aromatic carbocycles. The minimum Gasteiger partial charge on any atom is -0.399 e. The predicted molar refractivity (Wildman–Crippen MR) is 127 cm³/mol.